The van der Waals surface area contributed by atoms with Crippen LogP contribution in [0.4, 0.5) is 0 Å². The summed E-state index contributed by atoms with van der Waals surface area (Å²) in [5.74, 6) is 1.00. The second-order valence-corrected chi connectivity index (χ2v) is 8.81. The van der Waals surface area contributed by atoms with Crippen LogP contribution in [0.15, 0.2) is 36.4 Å². The first kappa shape index (κ1) is 23.0. The lowest BCUT2D eigenvalue weighted by Gasteiger charge is -2.33. The normalized spacial score (nSPS) is 16.0. The number of hydrogen-bond acceptors (Lipinski definition) is 0. The lowest BCUT2D eigenvalue weighted by molar-refractivity contribution is 0.180. The van der Waals surface area contributed by atoms with E-state index >= 15 is 0 Å². The number of benzene rings is 1. The summed E-state index contributed by atoms with van der Waals surface area (Å²) >= 11 is 0. The minimum atomic E-state index is 0.274. The van der Waals surface area contributed by atoms with Crippen LogP contribution in [0, 0.1) is 16.7 Å². The number of allylic oxidation sites excluding steroid dienone is 1. The van der Waals surface area contributed by atoms with Crippen LogP contribution < -0.4 is 0 Å². The van der Waals surface area contributed by atoms with Gasteiger partial charge >= 0.3 is 0 Å². The molecule has 0 atom stereocenters. The maximum absolute atomic E-state index is 2.38. The van der Waals surface area contributed by atoms with Crippen molar-refractivity contribution in [1.82, 2.24) is 0 Å². The molecule has 0 heterocycles. The van der Waals surface area contributed by atoms with Gasteiger partial charge in [0.05, 0.1) is 0 Å². The van der Waals surface area contributed by atoms with E-state index in [2.05, 4.69) is 78.0 Å². The fraction of sp³-hybridized carbons (Fsp3) is 0.667. The highest BCUT2D eigenvalue weighted by Crippen LogP contribution is 2.37. The quantitative estimate of drug-likeness (QED) is 0.485. The molecule has 0 N–H and O–H groups in total. The van der Waals surface area contributed by atoms with Gasteiger partial charge < -0.3 is 0 Å². The molecule has 0 aromatic heterocycles. The van der Waals surface area contributed by atoms with Crippen molar-refractivity contribution in [2.24, 2.45) is 16.7 Å². The standard InChI is InChI=1S/C12H16.C10H20.C2H6/c1-12(2,3)10-9-11-7-5-4-6-8-11;1-10(2,3)9-7-5-4-6-8-9;1-2/h4-10H,1-3H3;9H,4-8H2,1-3H3;1-2H3/b10-9+;;. The van der Waals surface area contributed by atoms with E-state index in [1.165, 1.54) is 37.7 Å². The van der Waals surface area contributed by atoms with Crippen molar-refractivity contribution in [2.45, 2.75) is 87.5 Å². The molecule has 1 aliphatic rings. The summed E-state index contributed by atoms with van der Waals surface area (Å²) in [5, 5.41) is 0. The van der Waals surface area contributed by atoms with E-state index in [-0.39, 0.29) is 5.41 Å². The van der Waals surface area contributed by atoms with Gasteiger partial charge in [0.25, 0.3) is 0 Å². The summed E-state index contributed by atoms with van der Waals surface area (Å²) < 4.78 is 0. The molecular formula is C24H42. The van der Waals surface area contributed by atoms with Gasteiger partial charge in [0.2, 0.25) is 0 Å². The average molecular weight is 331 g/mol. The smallest absolute Gasteiger partial charge is 0.0200 e. The Bertz CT molecular complexity index is 419. The minimum Gasteiger partial charge on any atom is -0.0785 e. The van der Waals surface area contributed by atoms with E-state index in [4.69, 9.17) is 0 Å². The maximum atomic E-state index is 2.38. The van der Waals surface area contributed by atoms with Crippen LogP contribution in [0.5, 0.6) is 0 Å². The van der Waals surface area contributed by atoms with Gasteiger partial charge in [0.15, 0.2) is 0 Å². The minimum absolute atomic E-state index is 0.274. The molecule has 0 spiro atoms. The van der Waals surface area contributed by atoms with Gasteiger partial charge in [0, 0.05) is 0 Å². The second kappa shape index (κ2) is 11.5. The predicted molar refractivity (Wildman–Crippen MR) is 112 cm³/mol. The van der Waals surface area contributed by atoms with E-state index in [1.807, 2.05) is 19.9 Å². The van der Waals surface area contributed by atoms with Gasteiger partial charge in [-0.15, -0.1) is 0 Å². The molecule has 24 heavy (non-hydrogen) atoms. The molecule has 0 amide bonds. The molecule has 0 radical (unpaired) electrons. The van der Waals surface area contributed by atoms with Crippen LogP contribution in [-0.2, 0) is 0 Å². The molecule has 138 valence electrons. The van der Waals surface area contributed by atoms with Crippen molar-refractivity contribution in [3.05, 3.63) is 42.0 Å². The van der Waals surface area contributed by atoms with Crippen LogP contribution in [0.2, 0.25) is 0 Å². The molecule has 1 aliphatic carbocycles. The van der Waals surface area contributed by atoms with E-state index < -0.39 is 0 Å². The highest BCUT2D eigenvalue weighted by Gasteiger charge is 2.25. The summed E-state index contributed by atoms with van der Waals surface area (Å²) in [7, 11) is 0. The Labute approximate surface area is 152 Å². The Morgan fingerprint density at radius 2 is 1.29 bits per heavy atom. The van der Waals surface area contributed by atoms with Crippen LogP contribution in [0.1, 0.15) is 93.1 Å². The van der Waals surface area contributed by atoms with E-state index in [0.29, 0.717) is 5.41 Å². The lowest BCUT2D eigenvalue weighted by Crippen LogP contribution is -2.22. The van der Waals surface area contributed by atoms with Crippen molar-refractivity contribution in [2.75, 3.05) is 0 Å². The summed E-state index contributed by atoms with van der Waals surface area (Å²) in [6.45, 7) is 17.7. The van der Waals surface area contributed by atoms with E-state index in [0.717, 1.165) is 5.92 Å². The summed E-state index contributed by atoms with van der Waals surface area (Å²) in [5.41, 5.74) is 2.11. The number of rotatable bonds is 1. The van der Waals surface area contributed by atoms with Crippen LogP contribution in [0.25, 0.3) is 6.08 Å². The molecule has 1 saturated carbocycles. The molecule has 0 nitrogen and oxygen atoms in total. The monoisotopic (exact) mass is 330 g/mol. The van der Waals surface area contributed by atoms with Crippen molar-refractivity contribution < 1.29 is 0 Å². The lowest BCUT2D eigenvalue weighted by atomic mass is 9.72. The summed E-state index contributed by atoms with van der Waals surface area (Å²) in [6.07, 6.45) is 11.8. The molecule has 0 unspecified atom stereocenters. The predicted octanol–water partition coefficient (Wildman–Crippen LogP) is 8.38. The third-order valence-electron chi connectivity index (χ3n) is 4.41. The molecule has 1 aromatic carbocycles. The second-order valence-electron chi connectivity index (χ2n) is 8.81. The molecule has 0 aliphatic heterocycles. The van der Waals surface area contributed by atoms with Gasteiger partial charge in [-0.2, -0.15) is 0 Å². The molecular weight excluding hydrogens is 288 g/mol. The average Bonchev–Trinajstić information content (AvgIpc) is 2.56. The highest BCUT2D eigenvalue weighted by molar-refractivity contribution is 5.49. The van der Waals surface area contributed by atoms with Crippen LogP contribution >= 0.6 is 0 Å². The zero-order valence-corrected chi connectivity index (χ0v) is 17.7. The first-order chi connectivity index (χ1) is 11.2. The Hall–Kier alpha value is -1.04. The zero-order valence-electron chi connectivity index (χ0n) is 17.7. The third-order valence-corrected chi connectivity index (χ3v) is 4.41. The Balaban J connectivity index is 0.000000405. The molecule has 2 rings (SSSR count). The molecule has 0 heteroatoms. The topological polar surface area (TPSA) is 0 Å². The van der Waals surface area contributed by atoms with Crippen molar-refractivity contribution in [3.63, 3.8) is 0 Å². The third kappa shape index (κ3) is 11.5. The van der Waals surface area contributed by atoms with Crippen molar-refractivity contribution in [3.8, 4) is 0 Å². The van der Waals surface area contributed by atoms with E-state index in [1.54, 1.807) is 0 Å². The maximum Gasteiger partial charge on any atom is -0.0200 e. The van der Waals surface area contributed by atoms with E-state index in [9.17, 15) is 0 Å². The zero-order chi connectivity index (χ0) is 18.6. The molecule has 0 bridgehead atoms. The van der Waals surface area contributed by atoms with Gasteiger partial charge in [0.1, 0.15) is 0 Å². The first-order valence-electron chi connectivity index (χ1n) is 9.93. The molecule has 1 aromatic rings. The molecule has 0 saturated heterocycles. The Morgan fingerprint density at radius 3 is 1.67 bits per heavy atom. The van der Waals surface area contributed by atoms with Crippen molar-refractivity contribution in [1.29, 1.82) is 0 Å². The van der Waals surface area contributed by atoms with Crippen molar-refractivity contribution >= 4 is 6.08 Å². The van der Waals surface area contributed by atoms with Gasteiger partial charge in [-0.25, -0.2) is 0 Å². The van der Waals surface area contributed by atoms with Crippen LogP contribution in [0.3, 0.4) is 0 Å². The van der Waals surface area contributed by atoms with Gasteiger partial charge in [-0.1, -0.05) is 117 Å². The fourth-order valence-corrected chi connectivity index (χ4v) is 2.88. The SMILES string of the molecule is CC.CC(C)(C)/C=C/c1ccccc1.CC(C)(C)C1CCCCC1. The van der Waals surface area contributed by atoms with Crippen LogP contribution in [-0.4, -0.2) is 0 Å². The highest BCUT2D eigenvalue weighted by atomic mass is 14.3. The fourth-order valence-electron chi connectivity index (χ4n) is 2.88. The Kier molecular flexibility index (Phi) is 11.0. The molecule has 1 fully saturated rings. The van der Waals surface area contributed by atoms with Gasteiger partial charge in [-0.05, 0) is 35.2 Å². The summed E-state index contributed by atoms with van der Waals surface area (Å²) in [6, 6.07) is 10.4. The number of hydrogen-bond donors (Lipinski definition) is 0. The largest absolute Gasteiger partial charge is 0.0785 e. The summed E-state index contributed by atoms with van der Waals surface area (Å²) in [4.78, 5) is 0. The van der Waals surface area contributed by atoms with Gasteiger partial charge in [-0.3, -0.25) is 0 Å². The first-order valence-corrected chi connectivity index (χ1v) is 9.93. The Morgan fingerprint density at radius 1 is 0.792 bits per heavy atom.